The predicted octanol–water partition coefficient (Wildman–Crippen LogP) is -0.201. The molecule has 5 heteroatoms. The van der Waals surface area contributed by atoms with Crippen LogP contribution in [0.25, 0.3) is 0 Å². The normalized spacial score (nSPS) is 22.1. The summed E-state index contributed by atoms with van der Waals surface area (Å²) in [6.07, 6.45) is 1.77. The number of amides is 1. The maximum Gasteiger partial charge on any atom is 0.409 e. The van der Waals surface area contributed by atoms with Gasteiger partial charge in [0.1, 0.15) is 0 Å². The summed E-state index contributed by atoms with van der Waals surface area (Å²) in [6, 6.07) is 0.287. The van der Waals surface area contributed by atoms with E-state index in [-0.39, 0.29) is 18.7 Å². The molecule has 1 rings (SSSR count). The molecule has 0 aliphatic carbocycles. The molecule has 82 valence electrons. The van der Waals surface area contributed by atoms with Crippen molar-refractivity contribution in [1.29, 1.82) is 0 Å². The Morgan fingerprint density at radius 2 is 2.50 bits per heavy atom. The molecule has 0 aromatic heterocycles. The summed E-state index contributed by atoms with van der Waals surface area (Å²) < 4.78 is 4.65. The zero-order chi connectivity index (χ0) is 10.4. The van der Waals surface area contributed by atoms with E-state index < -0.39 is 0 Å². The van der Waals surface area contributed by atoms with Crippen molar-refractivity contribution in [3.63, 3.8) is 0 Å². The van der Waals surface area contributed by atoms with Crippen LogP contribution in [0.2, 0.25) is 0 Å². The van der Waals surface area contributed by atoms with E-state index in [1.54, 1.807) is 4.90 Å². The van der Waals surface area contributed by atoms with E-state index in [4.69, 9.17) is 5.11 Å². The van der Waals surface area contributed by atoms with E-state index in [0.29, 0.717) is 13.1 Å². The first kappa shape index (κ1) is 11.3. The molecular formula is C9H18N2O3. The Hall–Kier alpha value is -0.810. The molecule has 0 spiro atoms. The quantitative estimate of drug-likeness (QED) is 0.665. The van der Waals surface area contributed by atoms with Crippen molar-refractivity contribution in [2.75, 3.05) is 33.4 Å². The summed E-state index contributed by atoms with van der Waals surface area (Å²) >= 11 is 0. The molecule has 0 aromatic rings. The number of aliphatic hydroxyl groups is 1. The fourth-order valence-corrected chi connectivity index (χ4v) is 1.71. The fourth-order valence-electron chi connectivity index (χ4n) is 1.71. The number of carbonyl (C=O) groups is 1. The number of aliphatic hydroxyl groups excluding tert-OH is 1. The highest BCUT2D eigenvalue weighted by atomic mass is 16.5. The Morgan fingerprint density at radius 3 is 3.14 bits per heavy atom. The first-order valence-electron chi connectivity index (χ1n) is 4.95. The van der Waals surface area contributed by atoms with Crippen molar-refractivity contribution in [2.24, 2.45) is 0 Å². The van der Waals surface area contributed by atoms with Gasteiger partial charge in [-0.15, -0.1) is 0 Å². The third-order valence-corrected chi connectivity index (χ3v) is 2.40. The van der Waals surface area contributed by atoms with E-state index in [1.807, 2.05) is 0 Å². The molecule has 1 atom stereocenters. The first-order valence-corrected chi connectivity index (χ1v) is 4.95. The summed E-state index contributed by atoms with van der Waals surface area (Å²) in [4.78, 5) is 12.9. The van der Waals surface area contributed by atoms with Crippen molar-refractivity contribution in [3.05, 3.63) is 0 Å². The summed E-state index contributed by atoms with van der Waals surface area (Å²) in [5.74, 6) is 0. The van der Waals surface area contributed by atoms with E-state index in [1.165, 1.54) is 7.11 Å². The summed E-state index contributed by atoms with van der Waals surface area (Å²) in [5.41, 5.74) is 0. The number of piperidine rings is 1. The van der Waals surface area contributed by atoms with Crippen molar-refractivity contribution in [3.8, 4) is 0 Å². The maximum absolute atomic E-state index is 11.2. The number of rotatable bonds is 3. The van der Waals surface area contributed by atoms with Gasteiger partial charge in [-0.1, -0.05) is 0 Å². The lowest BCUT2D eigenvalue weighted by Gasteiger charge is -2.32. The summed E-state index contributed by atoms with van der Waals surface area (Å²) in [6.45, 7) is 2.16. The molecule has 1 amide bonds. The number of hydrogen-bond donors (Lipinski definition) is 2. The highest BCUT2D eigenvalue weighted by Gasteiger charge is 2.23. The Balaban J connectivity index is 2.31. The van der Waals surface area contributed by atoms with Gasteiger partial charge in [-0.05, 0) is 12.8 Å². The van der Waals surface area contributed by atoms with Crippen LogP contribution >= 0.6 is 0 Å². The molecule has 1 unspecified atom stereocenters. The zero-order valence-corrected chi connectivity index (χ0v) is 8.53. The fraction of sp³-hybridized carbons (Fsp3) is 0.889. The number of nitrogens with zero attached hydrogens (tertiary/aromatic N) is 1. The van der Waals surface area contributed by atoms with Gasteiger partial charge in [-0.25, -0.2) is 4.79 Å². The Kier molecular flexibility index (Phi) is 4.69. The van der Waals surface area contributed by atoms with E-state index >= 15 is 0 Å². The molecular weight excluding hydrogens is 184 g/mol. The van der Waals surface area contributed by atoms with Gasteiger partial charge in [0.25, 0.3) is 0 Å². The lowest BCUT2D eigenvalue weighted by Crippen LogP contribution is -2.48. The largest absolute Gasteiger partial charge is 0.453 e. The van der Waals surface area contributed by atoms with Gasteiger partial charge >= 0.3 is 6.09 Å². The topological polar surface area (TPSA) is 61.8 Å². The number of ether oxygens (including phenoxy) is 1. The van der Waals surface area contributed by atoms with Crippen LogP contribution in [0.4, 0.5) is 4.79 Å². The van der Waals surface area contributed by atoms with Crippen molar-refractivity contribution >= 4 is 6.09 Å². The Bertz CT molecular complexity index is 187. The smallest absolute Gasteiger partial charge is 0.409 e. The van der Waals surface area contributed by atoms with Crippen LogP contribution in [0.5, 0.6) is 0 Å². The van der Waals surface area contributed by atoms with Gasteiger partial charge in [0.05, 0.1) is 13.7 Å². The lowest BCUT2D eigenvalue weighted by atomic mass is 10.1. The number of methoxy groups -OCH3 is 1. The minimum Gasteiger partial charge on any atom is -0.453 e. The van der Waals surface area contributed by atoms with E-state index in [2.05, 4.69) is 10.1 Å². The van der Waals surface area contributed by atoms with E-state index in [9.17, 15) is 4.79 Å². The van der Waals surface area contributed by atoms with Crippen LogP contribution in [-0.4, -0.2) is 55.5 Å². The Labute approximate surface area is 84.0 Å². The minimum atomic E-state index is -0.263. The molecule has 1 saturated heterocycles. The van der Waals surface area contributed by atoms with Gasteiger partial charge in [0, 0.05) is 25.7 Å². The monoisotopic (exact) mass is 202 g/mol. The standard InChI is InChI=1S/C9H18N2O3/c1-14-9(13)11-5-2-3-8(7-11)10-4-6-12/h8,10,12H,2-7H2,1H3. The van der Waals surface area contributed by atoms with Crippen LogP contribution in [0.15, 0.2) is 0 Å². The molecule has 1 aliphatic rings. The average molecular weight is 202 g/mol. The number of likely N-dealkylation sites (tertiary alicyclic amines) is 1. The molecule has 0 saturated carbocycles. The maximum atomic E-state index is 11.2. The SMILES string of the molecule is COC(=O)N1CCCC(NCCO)C1. The lowest BCUT2D eigenvalue weighted by molar-refractivity contribution is 0.106. The molecule has 1 heterocycles. The third-order valence-electron chi connectivity index (χ3n) is 2.40. The van der Waals surface area contributed by atoms with E-state index in [0.717, 1.165) is 19.4 Å². The summed E-state index contributed by atoms with van der Waals surface area (Å²) in [7, 11) is 1.40. The van der Waals surface area contributed by atoms with Gasteiger partial charge in [0.2, 0.25) is 0 Å². The second-order valence-corrected chi connectivity index (χ2v) is 3.43. The predicted molar refractivity (Wildman–Crippen MR) is 52.1 cm³/mol. The van der Waals surface area contributed by atoms with Gasteiger partial charge < -0.3 is 20.1 Å². The number of hydrogen-bond acceptors (Lipinski definition) is 4. The number of carbonyl (C=O) groups excluding carboxylic acids is 1. The van der Waals surface area contributed by atoms with Crippen LogP contribution in [0.1, 0.15) is 12.8 Å². The first-order chi connectivity index (χ1) is 6.77. The third kappa shape index (κ3) is 3.16. The van der Waals surface area contributed by atoms with Gasteiger partial charge in [-0.2, -0.15) is 0 Å². The highest BCUT2D eigenvalue weighted by molar-refractivity contribution is 5.67. The molecule has 14 heavy (non-hydrogen) atoms. The summed E-state index contributed by atoms with van der Waals surface area (Å²) in [5, 5.41) is 11.8. The second kappa shape index (κ2) is 5.82. The Morgan fingerprint density at radius 1 is 1.71 bits per heavy atom. The second-order valence-electron chi connectivity index (χ2n) is 3.43. The zero-order valence-electron chi connectivity index (χ0n) is 8.53. The van der Waals surface area contributed by atoms with Crippen molar-refractivity contribution in [2.45, 2.75) is 18.9 Å². The molecule has 2 N–H and O–H groups in total. The van der Waals surface area contributed by atoms with Crippen molar-refractivity contribution < 1.29 is 14.6 Å². The van der Waals surface area contributed by atoms with Crippen LogP contribution in [0, 0.1) is 0 Å². The van der Waals surface area contributed by atoms with Gasteiger partial charge in [-0.3, -0.25) is 0 Å². The molecule has 0 bridgehead atoms. The highest BCUT2D eigenvalue weighted by Crippen LogP contribution is 2.10. The van der Waals surface area contributed by atoms with Crippen molar-refractivity contribution in [1.82, 2.24) is 10.2 Å². The molecule has 0 aromatic carbocycles. The molecule has 1 fully saturated rings. The molecule has 5 nitrogen and oxygen atoms in total. The van der Waals surface area contributed by atoms with Gasteiger partial charge in [0.15, 0.2) is 0 Å². The average Bonchev–Trinajstić information content (AvgIpc) is 2.25. The minimum absolute atomic E-state index is 0.134. The number of nitrogens with one attached hydrogen (secondary N) is 1. The molecule has 0 radical (unpaired) electrons. The van der Waals surface area contributed by atoms with Crippen LogP contribution in [0.3, 0.4) is 0 Å². The molecule has 1 aliphatic heterocycles. The van der Waals surface area contributed by atoms with Crippen LogP contribution in [-0.2, 0) is 4.74 Å². The van der Waals surface area contributed by atoms with Crippen LogP contribution < -0.4 is 5.32 Å².